The number of allylic oxidation sites excluding steroid dienone is 4. The van der Waals surface area contributed by atoms with Gasteiger partial charge in [0.15, 0.2) is 0 Å². The third-order valence-electron chi connectivity index (χ3n) is 8.10. The molecule has 0 unspecified atom stereocenters. The first kappa shape index (κ1) is 27.1. The third-order valence-corrected chi connectivity index (χ3v) is 9.12. The van der Waals surface area contributed by atoms with Crippen molar-refractivity contribution in [2.45, 2.75) is 67.2 Å². The maximum absolute atomic E-state index is 12.0. The number of hydrogen-bond donors (Lipinski definition) is 2. The quantitative estimate of drug-likeness (QED) is 0.293. The number of hydrogen-bond acceptors (Lipinski definition) is 4. The molecular formula is C32H35BrN4O2. The van der Waals surface area contributed by atoms with Gasteiger partial charge in [-0.15, -0.1) is 0 Å². The predicted octanol–water partition coefficient (Wildman–Crippen LogP) is 8.48. The smallest absolute Gasteiger partial charge is 0.305 e. The van der Waals surface area contributed by atoms with Crippen LogP contribution >= 0.6 is 15.9 Å². The van der Waals surface area contributed by atoms with Crippen LogP contribution in [0.5, 0.6) is 0 Å². The van der Waals surface area contributed by atoms with Crippen LogP contribution in [0.25, 0.3) is 44.4 Å². The Morgan fingerprint density at radius 3 is 1.95 bits per heavy atom. The number of fused-ring (bicyclic) bond motifs is 8. The maximum Gasteiger partial charge on any atom is 0.305 e. The van der Waals surface area contributed by atoms with Crippen molar-refractivity contribution in [2.24, 2.45) is 0 Å². The van der Waals surface area contributed by atoms with Gasteiger partial charge in [0, 0.05) is 27.4 Å². The van der Waals surface area contributed by atoms with Crippen LogP contribution < -0.4 is 0 Å². The standard InChI is InChI=1S/C32H35BrN4O2/c1-8-20-17(4)25-14-30-32(33)19(6)26(37-30)12-23-18(5)22(10-11-31(38)39-7)29(36-23)15-28-21(9-2)16(3)24(34-28)13-27(20)35-25/h12-15,34,37H,8-11H2,1-7H3. The summed E-state index contributed by atoms with van der Waals surface area (Å²) >= 11 is 3.81. The second kappa shape index (κ2) is 10.6. The number of aromatic amines is 2. The molecule has 0 saturated carbocycles. The number of esters is 1. The first-order valence-electron chi connectivity index (χ1n) is 13.5. The molecule has 0 radical (unpaired) electrons. The molecule has 0 saturated heterocycles. The summed E-state index contributed by atoms with van der Waals surface area (Å²) in [6, 6.07) is 8.55. The van der Waals surface area contributed by atoms with Crippen LogP contribution in [-0.2, 0) is 16.0 Å². The van der Waals surface area contributed by atoms with Gasteiger partial charge in [-0.1, -0.05) is 13.8 Å². The monoisotopic (exact) mass is 586 g/mol. The zero-order valence-electron chi connectivity index (χ0n) is 23.7. The number of carbonyl (C=O) groups excluding carboxylic acids is 1. The lowest BCUT2D eigenvalue weighted by atomic mass is 10.0. The molecule has 2 aliphatic rings. The van der Waals surface area contributed by atoms with E-state index in [1.165, 1.54) is 29.4 Å². The van der Waals surface area contributed by atoms with Crippen molar-refractivity contribution in [1.29, 1.82) is 0 Å². The van der Waals surface area contributed by atoms with E-state index in [1.807, 2.05) is 0 Å². The molecule has 3 aromatic heterocycles. The molecule has 0 aliphatic carbocycles. The molecule has 8 bridgehead atoms. The normalized spacial score (nSPS) is 13.4. The Morgan fingerprint density at radius 2 is 1.31 bits per heavy atom. The van der Waals surface area contributed by atoms with Crippen molar-refractivity contribution < 1.29 is 9.53 Å². The van der Waals surface area contributed by atoms with Gasteiger partial charge in [-0.05, 0) is 126 Å². The van der Waals surface area contributed by atoms with E-state index in [4.69, 9.17) is 14.7 Å². The van der Waals surface area contributed by atoms with E-state index in [2.05, 4.69) is 91.7 Å². The molecule has 3 aromatic rings. The minimum Gasteiger partial charge on any atom is -0.469 e. The van der Waals surface area contributed by atoms with E-state index >= 15 is 0 Å². The third kappa shape index (κ3) is 4.78. The van der Waals surface area contributed by atoms with Gasteiger partial charge in [0.05, 0.1) is 35.4 Å². The number of rotatable bonds is 5. The summed E-state index contributed by atoms with van der Waals surface area (Å²) in [6.45, 7) is 12.9. The lowest BCUT2D eigenvalue weighted by Crippen LogP contribution is -2.00. The first-order valence-corrected chi connectivity index (χ1v) is 14.3. The van der Waals surface area contributed by atoms with E-state index < -0.39 is 0 Å². The number of halogens is 1. The fourth-order valence-electron chi connectivity index (χ4n) is 5.67. The second-order valence-electron chi connectivity index (χ2n) is 10.3. The number of nitrogens with one attached hydrogen (secondary N) is 2. The van der Waals surface area contributed by atoms with Crippen LogP contribution in [0.3, 0.4) is 0 Å². The van der Waals surface area contributed by atoms with Crippen LogP contribution in [0, 0.1) is 13.8 Å². The Morgan fingerprint density at radius 1 is 0.769 bits per heavy atom. The van der Waals surface area contributed by atoms with Gasteiger partial charge in [0.25, 0.3) is 0 Å². The topological polar surface area (TPSA) is 83.7 Å². The van der Waals surface area contributed by atoms with Crippen molar-refractivity contribution in [3.8, 4) is 0 Å². The highest BCUT2D eigenvalue weighted by atomic mass is 79.9. The molecule has 0 amide bonds. The van der Waals surface area contributed by atoms with Gasteiger partial charge in [-0.3, -0.25) is 4.79 Å². The van der Waals surface area contributed by atoms with E-state index in [1.54, 1.807) is 0 Å². The molecule has 202 valence electrons. The number of aryl methyl sites for hydroxylation is 3. The van der Waals surface area contributed by atoms with Crippen molar-refractivity contribution in [3.63, 3.8) is 0 Å². The summed E-state index contributed by atoms with van der Waals surface area (Å²) in [5.41, 5.74) is 16.0. The Hall–Kier alpha value is -3.45. The van der Waals surface area contributed by atoms with Gasteiger partial charge in [-0.2, -0.15) is 0 Å². The number of aromatic nitrogens is 4. The van der Waals surface area contributed by atoms with Gasteiger partial charge in [0.2, 0.25) is 0 Å². The molecule has 0 atom stereocenters. The Labute approximate surface area is 237 Å². The minimum atomic E-state index is -0.222. The highest BCUT2D eigenvalue weighted by Gasteiger charge is 2.20. The summed E-state index contributed by atoms with van der Waals surface area (Å²) in [4.78, 5) is 29.5. The predicted molar refractivity (Wildman–Crippen MR) is 164 cm³/mol. The average Bonchev–Trinajstić information content (AvgIpc) is 3.57. The molecular weight excluding hydrogens is 552 g/mol. The molecule has 2 aliphatic heterocycles. The van der Waals surface area contributed by atoms with Crippen LogP contribution in [0.15, 0.2) is 28.7 Å². The van der Waals surface area contributed by atoms with E-state index in [-0.39, 0.29) is 5.97 Å². The Kier molecular flexibility index (Phi) is 7.38. The van der Waals surface area contributed by atoms with Crippen LogP contribution in [0.1, 0.15) is 86.4 Å². The second-order valence-corrected chi connectivity index (χ2v) is 11.1. The Bertz CT molecular complexity index is 1740. The number of H-pyrrole nitrogens is 2. The number of ether oxygens (including phenoxy) is 1. The summed E-state index contributed by atoms with van der Waals surface area (Å²) in [5, 5.41) is 0. The maximum atomic E-state index is 12.0. The zero-order chi connectivity index (χ0) is 28.0. The molecule has 7 heteroatoms. The van der Waals surface area contributed by atoms with E-state index in [0.29, 0.717) is 12.8 Å². The van der Waals surface area contributed by atoms with Gasteiger partial charge >= 0.3 is 5.97 Å². The van der Waals surface area contributed by atoms with Crippen molar-refractivity contribution in [3.05, 3.63) is 68.2 Å². The van der Waals surface area contributed by atoms with Gasteiger partial charge < -0.3 is 14.7 Å². The fourth-order valence-corrected chi connectivity index (χ4v) is 6.10. The molecule has 39 heavy (non-hydrogen) atoms. The first-order chi connectivity index (χ1) is 18.7. The minimum absolute atomic E-state index is 0.222. The molecule has 0 aromatic carbocycles. The number of nitrogens with zero attached hydrogens (tertiary/aromatic N) is 2. The number of methoxy groups -OCH3 is 1. The molecule has 6 nitrogen and oxygen atoms in total. The highest BCUT2D eigenvalue weighted by molar-refractivity contribution is 9.10. The van der Waals surface area contributed by atoms with Gasteiger partial charge in [0.1, 0.15) is 0 Å². The van der Waals surface area contributed by atoms with Crippen LogP contribution in [0.4, 0.5) is 0 Å². The van der Waals surface area contributed by atoms with Gasteiger partial charge in [-0.25, -0.2) is 9.97 Å². The lowest BCUT2D eigenvalue weighted by Gasteiger charge is -2.04. The van der Waals surface area contributed by atoms with Crippen molar-refractivity contribution >= 4 is 66.3 Å². The molecule has 0 fully saturated rings. The highest BCUT2D eigenvalue weighted by Crippen LogP contribution is 2.37. The van der Waals surface area contributed by atoms with Crippen LogP contribution in [0.2, 0.25) is 0 Å². The summed E-state index contributed by atoms with van der Waals surface area (Å²) in [5.74, 6) is -0.222. The summed E-state index contributed by atoms with van der Waals surface area (Å²) < 4.78 is 5.95. The van der Waals surface area contributed by atoms with E-state index in [9.17, 15) is 4.79 Å². The molecule has 5 heterocycles. The van der Waals surface area contributed by atoms with Crippen molar-refractivity contribution in [2.75, 3.05) is 7.11 Å². The van der Waals surface area contributed by atoms with Crippen molar-refractivity contribution in [1.82, 2.24) is 19.9 Å². The Balaban J connectivity index is 1.90. The van der Waals surface area contributed by atoms with E-state index in [0.717, 1.165) is 78.9 Å². The number of carbonyl (C=O) groups is 1. The average molecular weight is 588 g/mol. The lowest BCUT2D eigenvalue weighted by molar-refractivity contribution is -0.140. The largest absolute Gasteiger partial charge is 0.469 e. The zero-order valence-corrected chi connectivity index (χ0v) is 25.3. The molecule has 5 rings (SSSR count). The molecule has 2 N–H and O–H groups in total. The molecule has 0 spiro atoms. The summed E-state index contributed by atoms with van der Waals surface area (Å²) in [6.07, 6.45) is 2.67. The van der Waals surface area contributed by atoms with Crippen LogP contribution in [-0.4, -0.2) is 33.0 Å². The SMILES string of the molecule is CCC1=C(C)c2cc3[nH]c(cc4nc(cc5[nH]c(cc1n2)c(C)c5CC)C(CCC(=O)OC)=C4C)c(C)c3Br. The summed E-state index contributed by atoms with van der Waals surface area (Å²) in [7, 11) is 1.43. The fraction of sp³-hybridized carbons (Fsp3) is 0.344.